The third-order valence-corrected chi connectivity index (χ3v) is 4.36. The van der Waals surface area contributed by atoms with Gasteiger partial charge in [-0.1, -0.05) is 24.3 Å². The van der Waals surface area contributed by atoms with Crippen LogP contribution in [0.4, 0.5) is 5.69 Å². The molecule has 3 nitrogen and oxygen atoms in total. The molecule has 0 radical (unpaired) electrons. The number of hydrogen-bond donors (Lipinski definition) is 1. The summed E-state index contributed by atoms with van der Waals surface area (Å²) in [7, 11) is 1.79. The highest BCUT2D eigenvalue weighted by molar-refractivity contribution is 5.86. The Hall–Kier alpha value is -2.55. The molecule has 0 fully saturated rings. The van der Waals surface area contributed by atoms with Crippen molar-refractivity contribution in [2.75, 3.05) is 5.32 Å². The first-order valence-electron chi connectivity index (χ1n) is 7.89. The van der Waals surface area contributed by atoms with Crippen LogP contribution in [0.15, 0.2) is 53.5 Å². The fraction of sp³-hybridized carbons (Fsp3) is 0.250. The van der Waals surface area contributed by atoms with Crippen LogP contribution in [0.5, 0.6) is 0 Å². The minimum absolute atomic E-state index is 0.0514. The molecular formula is C20H22N2O. The number of nitrogens with one attached hydrogen (secondary N) is 1. The molecule has 2 aromatic carbocycles. The van der Waals surface area contributed by atoms with Gasteiger partial charge in [0, 0.05) is 30.4 Å². The van der Waals surface area contributed by atoms with Crippen LogP contribution in [0.3, 0.4) is 0 Å². The van der Waals surface area contributed by atoms with E-state index in [4.69, 9.17) is 0 Å². The second-order valence-electron chi connectivity index (χ2n) is 6.23. The van der Waals surface area contributed by atoms with Crippen LogP contribution in [0.2, 0.25) is 0 Å². The Morgan fingerprint density at radius 3 is 2.52 bits per heavy atom. The zero-order chi connectivity index (χ0) is 16.6. The summed E-state index contributed by atoms with van der Waals surface area (Å²) in [5.74, 6) is 0. The van der Waals surface area contributed by atoms with Crippen molar-refractivity contribution in [2.24, 2.45) is 7.05 Å². The maximum Gasteiger partial charge on any atom is 0.258 e. The highest BCUT2D eigenvalue weighted by Crippen LogP contribution is 2.28. The van der Waals surface area contributed by atoms with E-state index in [2.05, 4.69) is 37.4 Å². The Bertz CT molecular complexity index is 925. The lowest BCUT2D eigenvalue weighted by Crippen LogP contribution is -2.17. The van der Waals surface area contributed by atoms with E-state index in [1.165, 1.54) is 5.56 Å². The minimum Gasteiger partial charge on any atom is -0.378 e. The number of fused-ring (bicyclic) bond motifs is 1. The predicted molar refractivity (Wildman–Crippen MR) is 97.1 cm³/mol. The van der Waals surface area contributed by atoms with Crippen LogP contribution < -0.4 is 10.9 Å². The molecular weight excluding hydrogens is 284 g/mol. The van der Waals surface area contributed by atoms with Crippen molar-refractivity contribution >= 4 is 16.5 Å². The van der Waals surface area contributed by atoms with Crippen LogP contribution in [-0.4, -0.2) is 4.57 Å². The van der Waals surface area contributed by atoms with Gasteiger partial charge in [0.25, 0.3) is 5.56 Å². The van der Waals surface area contributed by atoms with Crippen molar-refractivity contribution in [1.29, 1.82) is 0 Å². The monoisotopic (exact) mass is 306 g/mol. The highest BCUT2D eigenvalue weighted by Gasteiger charge is 2.13. The second-order valence-corrected chi connectivity index (χ2v) is 6.23. The first kappa shape index (κ1) is 15.3. The Balaban J connectivity index is 2.10. The summed E-state index contributed by atoms with van der Waals surface area (Å²) in [6.45, 7) is 6.27. The lowest BCUT2D eigenvalue weighted by atomic mass is 9.97. The third kappa shape index (κ3) is 2.87. The van der Waals surface area contributed by atoms with Gasteiger partial charge >= 0.3 is 0 Å². The Kier molecular flexibility index (Phi) is 3.95. The van der Waals surface area contributed by atoms with Gasteiger partial charge in [0.1, 0.15) is 0 Å². The largest absolute Gasteiger partial charge is 0.378 e. The van der Waals surface area contributed by atoms with Crippen molar-refractivity contribution in [3.63, 3.8) is 0 Å². The second kappa shape index (κ2) is 5.92. The zero-order valence-electron chi connectivity index (χ0n) is 14.1. The molecule has 3 aromatic rings. The number of aryl methyl sites for hydroxylation is 3. The van der Waals surface area contributed by atoms with Gasteiger partial charge in [0.2, 0.25) is 0 Å². The molecule has 0 aliphatic heterocycles. The fourth-order valence-corrected chi connectivity index (χ4v) is 3.04. The Labute approximate surface area is 136 Å². The summed E-state index contributed by atoms with van der Waals surface area (Å²) in [5.41, 5.74) is 4.65. The summed E-state index contributed by atoms with van der Waals surface area (Å²) in [6, 6.07) is 14.5. The quantitative estimate of drug-likeness (QED) is 0.781. The summed E-state index contributed by atoms with van der Waals surface area (Å²) in [5, 5.41) is 5.37. The van der Waals surface area contributed by atoms with Crippen molar-refractivity contribution in [2.45, 2.75) is 26.8 Å². The number of aromatic nitrogens is 1. The zero-order valence-corrected chi connectivity index (χ0v) is 14.1. The molecule has 1 N–H and O–H groups in total. The number of pyridine rings is 1. The maximum absolute atomic E-state index is 12.4. The van der Waals surface area contributed by atoms with Crippen LogP contribution in [0.1, 0.15) is 29.7 Å². The summed E-state index contributed by atoms with van der Waals surface area (Å²) in [6.07, 6.45) is 1.84. The van der Waals surface area contributed by atoms with E-state index < -0.39 is 0 Å². The summed E-state index contributed by atoms with van der Waals surface area (Å²) < 4.78 is 1.63. The van der Waals surface area contributed by atoms with E-state index in [1.807, 2.05) is 37.4 Å². The molecule has 1 atom stereocenters. The van der Waals surface area contributed by atoms with Gasteiger partial charge in [-0.3, -0.25) is 4.79 Å². The van der Waals surface area contributed by atoms with E-state index in [1.54, 1.807) is 11.6 Å². The molecule has 3 rings (SSSR count). The van der Waals surface area contributed by atoms with Crippen LogP contribution in [0, 0.1) is 13.8 Å². The first-order valence-corrected chi connectivity index (χ1v) is 7.89. The molecule has 0 unspecified atom stereocenters. The van der Waals surface area contributed by atoms with E-state index in [0.29, 0.717) is 0 Å². The molecule has 1 aromatic heterocycles. The highest BCUT2D eigenvalue weighted by atomic mass is 16.1. The summed E-state index contributed by atoms with van der Waals surface area (Å²) in [4.78, 5) is 12.4. The van der Waals surface area contributed by atoms with Gasteiger partial charge in [0.15, 0.2) is 0 Å². The topological polar surface area (TPSA) is 34.0 Å². The van der Waals surface area contributed by atoms with Gasteiger partial charge in [-0.25, -0.2) is 0 Å². The number of benzene rings is 2. The number of nitrogens with zero attached hydrogens (tertiary/aromatic N) is 1. The SMILES string of the molecule is Cc1cc([C@@H](C)Nc2ccccc2C)c2ccn(C)c(=O)c2c1. The fourth-order valence-electron chi connectivity index (χ4n) is 3.04. The van der Waals surface area contributed by atoms with Gasteiger partial charge in [0.05, 0.1) is 0 Å². The maximum atomic E-state index is 12.4. The molecule has 118 valence electrons. The minimum atomic E-state index is 0.0514. The molecule has 0 aliphatic carbocycles. The van der Waals surface area contributed by atoms with Gasteiger partial charge in [-0.15, -0.1) is 0 Å². The van der Waals surface area contributed by atoms with E-state index in [0.717, 1.165) is 27.6 Å². The Morgan fingerprint density at radius 2 is 1.78 bits per heavy atom. The lowest BCUT2D eigenvalue weighted by Gasteiger charge is -2.20. The molecule has 0 spiro atoms. The Morgan fingerprint density at radius 1 is 1.04 bits per heavy atom. The van der Waals surface area contributed by atoms with Crippen molar-refractivity contribution in [1.82, 2.24) is 4.57 Å². The van der Waals surface area contributed by atoms with E-state index in [-0.39, 0.29) is 11.6 Å². The predicted octanol–water partition coefficient (Wildman–Crippen LogP) is 4.33. The molecule has 0 saturated carbocycles. The first-order chi connectivity index (χ1) is 11.0. The number of rotatable bonds is 3. The van der Waals surface area contributed by atoms with Crippen LogP contribution in [0.25, 0.3) is 10.8 Å². The van der Waals surface area contributed by atoms with E-state index >= 15 is 0 Å². The van der Waals surface area contributed by atoms with Gasteiger partial charge in [-0.2, -0.15) is 0 Å². The molecule has 0 amide bonds. The van der Waals surface area contributed by atoms with Crippen molar-refractivity contribution < 1.29 is 0 Å². The molecule has 0 bridgehead atoms. The van der Waals surface area contributed by atoms with Gasteiger partial charge < -0.3 is 9.88 Å². The molecule has 1 heterocycles. The molecule has 0 saturated heterocycles. The standard InChI is InChI=1S/C20H22N2O/c1-13-11-17(15(3)21-19-8-6-5-7-14(19)2)16-9-10-22(4)20(23)18(16)12-13/h5-12,15,21H,1-4H3/t15-/m1/s1. The van der Waals surface area contributed by atoms with Gasteiger partial charge in [-0.05, 0) is 61.0 Å². The van der Waals surface area contributed by atoms with Crippen LogP contribution in [-0.2, 0) is 7.05 Å². The lowest BCUT2D eigenvalue weighted by molar-refractivity contribution is 0.865. The molecule has 0 aliphatic rings. The van der Waals surface area contributed by atoms with E-state index in [9.17, 15) is 4.79 Å². The number of hydrogen-bond acceptors (Lipinski definition) is 2. The third-order valence-electron chi connectivity index (χ3n) is 4.36. The summed E-state index contributed by atoms with van der Waals surface area (Å²) >= 11 is 0. The molecule has 23 heavy (non-hydrogen) atoms. The molecule has 3 heteroatoms. The smallest absolute Gasteiger partial charge is 0.258 e. The normalized spacial score (nSPS) is 12.3. The van der Waals surface area contributed by atoms with Crippen molar-refractivity contribution in [3.05, 3.63) is 75.7 Å². The average molecular weight is 306 g/mol. The number of para-hydroxylation sites is 1. The number of anilines is 1. The van der Waals surface area contributed by atoms with Crippen LogP contribution >= 0.6 is 0 Å². The average Bonchev–Trinajstić information content (AvgIpc) is 2.53. The van der Waals surface area contributed by atoms with Crippen molar-refractivity contribution in [3.8, 4) is 0 Å².